The highest BCUT2D eigenvalue weighted by Gasteiger charge is 2.28. The second-order valence-corrected chi connectivity index (χ2v) is 8.09. The maximum atomic E-state index is 13.7. The lowest BCUT2D eigenvalue weighted by atomic mass is 10.2. The van der Waals surface area contributed by atoms with E-state index in [1.807, 2.05) is 5.38 Å². The van der Waals surface area contributed by atoms with E-state index >= 15 is 0 Å². The minimum atomic E-state index is -3.78. The van der Waals surface area contributed by atoms with Gasteiger partial charge in [0.1, 0.15) is 0 Å². The molecule has 0 bridgehead atoms. The van der Waals surface area contributed by atoms with Crippen LogP contribution < -0.4 is 14.4 Å². The Morgan fingerprint density at radius 3 is 3.00 bits per heavy atom. The Labute approximate surface area is 144 Å². The number of benzene rings is 1. The maximum Gasteiger partial charge on any atom is 0.240 e. The van der Waals surface area contributed by atoms with E-state index in [1.54, 1.807) is 6.20 Å². The monoisotopic (exact) mass is 371 g/mol. The van der Waals surface area contributed by atoms with Gasteiger partial charge in [0.15, 0.2) is 16.7 Å². The van der Waals surface area contributed by atoms with E-state index in [4.69, 9.17) is 4.74 Å². The molecule has 1 aromatic carbocycles. The van der Waals surface area contributed by atoms with E-state index in [-0.39, 0.29) is 23.2 Å². The van der Waals surface area contributed by atoms with Crippen molar-refractivity contribution in [1.29, 1.82) is 0 Å². The number of hydrogen-bond donors (Lipinski definition) is 1. The number of methoxy groups -OCH3 is 1. The molecule has 0 saturated carbocycles. The van der Waals surface area contributed by atoms with Crippen molar-refractivity contribution >= 4 is 26.5 Å². The van der Waals surface area contributed by atoms with Gasteiger partial charge in [-0.2, -0.15) is 0 Å². The topological polar surface area (TPSA) is 71.5 Å². The van der Waals surface area contributed by atoms with Gasteiger partial charge in [-0.25, -0.2) is 22.5 Å². The first-order valence-corrected chi connectivity index (χ1v) is 9.87. The van der Waals surface area contributed by atoms with Gasteiger partial charge < -0.3 is 9.64 Å². The van der Waals surface area contributed by atoms with Crippen LogP contribution in [0, 0.1) is 5.82 Å². The normalized spacial score (nSPS) is 18.1. The molecule has 6 nitrogen and oxygen atoms in total. The highest BCUT2D eigenvalue weighted by molar-refractivity contribution is 7.89. The standard InChI is InChI=1S/C15H18FN3O3S2/c1-22-14-5-4-12(9-13(14)16)24(20,21)18-10-11-3-2-7-19(11)15-17-6-8-23-15/h4-6,8-9,11,18H,2-3,7,10H2,1H3. The van der Waals surface area contributed by atoms with Gasteiger partial charge in [0.25, 0.3) is 0 Å². The summed E-state index contributed by atoms with van der Waals surface area (Å²) in [6, 6.07) is 3.65. The van der Waals surface area contributed by atoms with Crippen LogP contribution in [0.1, 0.15) is 12.8 Å². The number of anilines is 1. The quantitative estimate of drug-likeness (QED) is 0.843. The van der Waals surface area contributed by atoms with Gasteiger partial charge in [-0.1, -0.05) is 0 Å². The van der Waals surface area contributed by atoms with Crippen LogP contribution in [0.5, 0.6) is 5.75 Å². The molecule has 130 valence electrons. The Morgan fingerprint density at radius 2 is 2.33 bits per heavy atom. The van der Waals surface area contributed by atoms with Crippen molar-refractivity contribution in [3.63, 3.8) is 0 Å². The zero-order valence-electron chi connectivity index (χ0n) is 13.1. The molecule has 0 radical (unpaired) electrons. The molecule has 1 aliphatic rings. The van der Waals surface area contributed by atoms with Crippen molar-refractivity contribution in [3.8, 4) is 5.75 Å². The number of ether oxygens (including phenoxy) is 1. The van der Waals surface area contributed by atoms with Gasteiger partial charge in [0.05, 0.1) is 12.0 Å². The number of halogens is 1. The van der Waals surface area contributed by atoms with Crippen molar-refractivity contribution in [2.45, 2.75) is 23.8 Å². The summed E-state index contributed by atoms with van der Waals surface area (Å²) in [5, 5.41) is 2.79. The average Bonchev–Trinajstić information content (AvgIpc) is 3.23. The van der Waals surface area contributed by atoms with Crippen LogP contribution in [0.15, 0.2) is 34.7 Å². The first kappa shape index (κ1) is 17.1. The summed E-state index contributed by atoms with van der Waals surface area (Å²) in [5.74, 6) is -0.689. The molecule has 2 heterocycles. The molecule has 24 heavy (non-hydrogen) atoms. The molecular weight excluding hydrogens is 353 g/mol. The molecule has 1 unspecified atom stereocenters. The fraction of sp³-hybridized carbons (Fsp3) is 0.400. The molecular formula is C15H18FN3O3S2. The van der Waals surface area contributed by atoms with Gasteiger partial charge in [0.2, 0.25) is 10.0 Å². The number of nitrogens with zero attached hydrogens (tertiary/aromatic N) is 2. The minimum absolute atomic E-state index is 0.0136. The smallest absolute Gasteiger partial charge is 0.240 e. The lowest BCUT2D eigenvalue weighted by Crippen LogP contribution is -2.40. The Morgan fingerprint density at radius 1 is 1.50 bits per heavy atom. The molecule has 1 N–H and O–H groups in total. The molecule has 0 spiro atoms. The summed E-state index contributed by atoms with van der Waals surface area (Å²) in [7, 11) is -2.45. The van der Waals surface area contributed by atoms with Crippen molar-refractivity contribution in [2.75, 3.05) is 25.1 Å². The van der Waals surface area contributed by atoms with E-state index in [9.17, 15) is 12.8 Å². The van der Waals surface area contributed by atoms with E-state index in [1.165, 1.54) is 30.6 Å². The number of thiazole rings is 1. The van der Waals surface area contributed by atoms with Crippen molar-refractivity contribution in [2.24, 2.45) is 0 Å². The van der Waals surface area contributed by atoms with Crippen molar-refractivity contribution in [1.82, 2.24) is 9.71 Å². The molecule has 0 aliphatic carbocycles. The summed E-state index contributed by atoms with van der Waals surface area (Å²) in [5.41, 5.74) is 0. The van der Waals surface area contributed by atoms with E-state index in [0.29, 0.717) is 0 Å². The van der Waals surface area contributed by atoms with Crippen LogP contribution >= 0.6 is 11.3 Å². The highest BCUT2D eigenvalue weighted by atomic mass is 32.2. The second-order valence-electron chi connectivity index (χ2n) is 5.45. The lowest BCUT2D eigenvalue weighted by molar-refractivity contribution is 0.385. The first-order chi connectivity index (χ1) is 11.5. The lowest BCUT2D eigenvalue weighted by Gasteiger charge is -2.24. The average molecular weight is 371 g/mol. The van der Waals surface area contributed by atoms with Gasteiger partial charge in [-0.15, -0.1) is 11.3 Å². The number of rotatable bonds is 6. The molecule has 1 aromatic heterocycles. The third-order valence-electron chi connectivity index (χ3n) is 3.98. The number of hydrogen-bond acceptors (Lipinski definition) is 6. The predicted molar refractivity (Wildman–Crippen MR) is 90.6 cm³/mol. The van der Waals surface area contributed by atoms with E-state index in [2.05, 4.69) is 14.6 Å². The summed E-state index contributed by atoms with van der Waals surface area (Å²) in [6.07, 6.45) is 3.61. The minimum Gasteiger partial charge on any atom is -0.494 e. The maximum absolute atomic E-state index is 13.7. The highest BCUT2D eigenvalue weighted by Crippen LogP contribution is 2.27. The summed E-state index contributed by atoms with van der Waals surface area (Å²) < 4.78 is 45.9. The van der Waals surface area contributed by atoms with Crippen LogP contribution in [0.3, 0.4) is 0 Å². The zero-order valence-corrected chi connectivity index (χ0v) is 14.7. The Kier molecular flexibility index (Phi) is 5.02. The van der Waals surface area contributed by atoms with Crippen LogP contribution in [0.2, 0.25) is 0 Å². The van der Waals surface area contributed by atoms with E-state index < -0.39 is 15.8 Å². The molecule has 1 fully saturated rings. The SMILES string of the molecule is COc1ccc(S(=O)(=O)NCC2CCCN2c2nccs2)cc1F. The Hall–Kier alpha value is -1.71. The van der Waals surface area contributed by atoms with Crippen LogP contribution in [-0.4, -0.2) is 39.6 Å². The zero-order chi connectivity index (χ0) is 17.2. The van der Waals surface area contributed by atoms with Gasteiger partial charge in [-0.3, -0.25) is 0 Å². The molecule has 3 rings (SSSR count). The van der Waals surface area contributed by atoms with E-state index in [0.717, 1.165) is 30.6 Å². The number of nitrogens with one attached hydrogen (secondary N) is 1. The van der Waals surface area contributed by atoms with Gasteiger partial charge in [0, 0.05) is 30.7 Å². The third-order valence-corrected chi connectivity index (χ3v) is 6.21. The van der Waals surface area contributed by atoms with Crippen LogP contribution in [-0.2, 0) is 10.0 Å². The fourth-order valence-corrected chi connectivity index (χ4v) is 4.59. The van der Waals surface area contributed by atoms with Crippen LogP contribution in [0.4, 0.5) is 9.52 Å². The molecule has 0 amide bonds. The Balaban J connectivity index is 1.70. The molecule has 9 heteroatoms. The third kappa shape index (κ3) is 3.52. The summed E-state index contributed by atoms with van der Waals surface area (Å²) in [4.78, 5) is 6.29. The fourth-order valence-electron chi connectivity index (χ4n) is 2.76. The van der Waals surface area contributed by atoms with Crippen molar-refractivity contribution in [3.05, 3.63) is 35.6 Å². The summed E-state index contributed by atoms with van der Waals surface area (Å²) in [6.45, 7) is 1.12. The molecule has 1 saturated heterocycles. The molecule has 2 aromatic rings. The predicted octanol–water partition coefficient (Wildman–Crippen LogP) is 2.24. The first-order valence-electron chi connectivity index (χ1n) is 7.50. The number of sulfonamides is 1. The summed E-state index contributed by atoms with van der Waals surface area (Å²) >= 11 is 1.53. The molecule has 1 atom stereocenters. The second kappa shape index (κ2) is 7.04. The van der Waals surface area contributed by atoms with Gasteiger partial charge >= 0.3 is 0 Å². The Bertz CT molecular complexity index is 796. The largest absolute Gasteiger partial charge is 0.494 e. The van der Waals surface area contributed by atoms with Crippen molar-refractivity contribution < 1.29 is 17.5 Å². The number of aromatic nitrogens is 1. The van der Waals surface area contributed by atoms with Crippen LogP contribution in [0.25, 0.3) is 0 Å². The molecule has 1 aliphatic heterocycles. The van der Waals surface area contributed by atoms with Gasteiger partial charge in [-0.05, 0) is 31.0 Å².